The molecule has 1 heterocycles. The quantitative estimate of drug-likeness (QED) is 0.477. The molecule has 1 unspecified atom stereocenters. The number of halogens is 1. The molecule has 0 spiro atoms. The second kappa shape index (κ2) is 6.18. The van der Waals surface area contributed by atoms with Gasteiger partial charge in [-0.3, -0.25) is 4.90 Å². The Morgan fingerprint density at radius 2 is 2.22 bits per heavy atom. The molecule has 0 amide bonds. The normalized spacial score (nSPS) is 20.7. The van der Waals surface area contributed by atoms with E-state index in [9.17, 15) is 4.79 Å². The summed E-state index contributed by atoms with van der Waals surface area (Å²) in [5.41, 5.74) is 1.60. The molecule has 1 saturated heterocycles. The fourth-order valence-electron chi connectivity index (χ4n) is 1.88. The lowest BCUT2D eigenvalue weighted by Gasteiger charge is -2.31. The van der Waals surface area contributed by atoms with Crippen LogP contribution < -0.4 is 0 Å². The van der Waals surface area contributed by atoms with Crippen molar-refractivity contribution in [2.24, 2.45) is 0 Å². The molecule has 1 fully saturated rings. The molecule has 1 aliphatic rings. The van der Waals surface area contributed by atoms with Gasteiger partial charge in [0.05, 0.1) is 25.9 Å². The van der Waals surface area contributed by atoms with Crippen molar-refractivity contribution in [1.29, 1.82) is 0 Å². The highest BCUT2D eigenvalue weighted by Crippen LogP contribution is 2.15. The van der Waals surface area contributed by atoms with Crippen molar-refractivity contribution in [3.8, 4) is 0 Å². The smallest absolute Gasteiger partial charge is 0.337 e. The highest BCUT2D eigenvalue weighted by Gasteiger charge is 2.20. The van der Waals surface area contributed by atoms with Crippen LogP contribution >= 0.6 is 11.6 Å². The van der Waals surface area contributed by atoms with Crippen LogP contribution in [0.3, 0.4) is 0 Å². The van der Waals surface area contributed by atoms with E-state index in [4.69, 9.17) is 16.3 Å². The number of nitrogens with zero attached hydrogens (tertiary/aromatic N) is 1. The van der Waals surface area contributed by atoms with Gasteiger partial charge in [0.1, 0.15) is 5.50 Å². The summed E-state index contributed by atoms with van der Waals surface area (Å²) in [6.07, 6.45) is 0. The summed E-state index contributed by atoms with van der Waals surface area (Å²) in [5.74, 6) is -0.317. The summed E-state index contributed by atoms with van der Waals surface area (Å²) in [4.78, 5) is 13.4. The highest BCUT2D eigenvalue weighted by atomic mass is 35.5. The summed E-state index contributed by atoms with van der Waals surface area (Å²) in [7, 11) is 1.38. The molecule has 0 radical (unpaired) electrons. The first-order chi connectivity index (χ1) is 8.70. The fourth-order valence-corrected chi connectivity index (χ4v) is 2.14. The lowest BCUT2D eigenvalue weighted by Crippen LogP contribution is -2.41. The number of rotatable bonds is 3. The van der Waals surface area contributed by atoms with Crippen molar-refractivity contribution in [3.05, 3.63) is 35.4 Å². The zero-order chi connectivity index (χ0) is 13.0. The molecule has 0 saturated carbocycles. The molecule has 2 rings (SSSR count). The lowest BCUT2D eigenvalue weighted by molar-refractivity contribution is 0.0182. The molecule has 1 aromatic carbocycles. The summed E-state index contributed by atoms with van der Waals surface area (Å²) in [6.45, 7) is 2.86. The van der Waals surface area contributed by atoms with Crippen molar-refractivity contribution in [1.82, 2.24) is 4.90 Å². The molecule has 1 atom stereocenters. The van der Waals surface area contributed by atoms with E-state index in [0.29, 0.717) is 18.8 Å². The van der Waals surface area contributed by atoms with Crippen molar-refractivity contribution in [2.75, 3.05) is 26.9 Å². The third-order valence-electron chi connectivity index (χ3n) is 2.94. The van der Waals surface area contributed by atoms with E-state index in [1.807, 2.05) is 12.1 Å². The molecule has 0 bridgehead atoms. The van der Waals surface area contributed by atoms with Gasteiger partial charge in [-0.25, -0.2) is 4.79 Å². The number of hydrogen-bond donors (Lipinski definition) is 0. The second-order valence-corrected chi connectivity index (χ2v) is 4.67. The van der Waals surface area contributed by atoms with Crippen molar-refractivity contribution < 1.29 is 14.3 Å². The van der Waals surface area contributed by atoms with Crippen LogP contribution in [0.15, 0.2) is 24.3 Å². The van der Waals surface area contributed by atoms with Gasteiger partial charge in [-0.05, 0) is 17.7 Å². The zero-order valence-corrected chi connectivity index (χ0v) is 11.0. The average Bonchev–Trinajstić information content (AvgIpc) is 2.41. The molecule has 18 heavy (non-hydrogen) atoms. The number of methoxy groups -OCH3 is 1. The van der Waals surface area contributed by atoms with Gasteiger partial charge in [-0.1, -0.05) is 12.1 Å². The first-order valence-electron chi connectivity index (χ1n) is 5.84. The summed E-state index contributed by atoms with van der Waals surface area (Å²) < 4.78 is 9.94. The van der Waals surface area contributed by atoms with E-state index in [-0.39, 0.29) is 11.5 Å². The Hall–Kier alpha value is -1.10. The minimum absolute atomic E-state index is 0.0842. The van der Waals surface area contributed by atoms with E-state index in [1.165, 1.54) is 7.11 Å². The Balaban J connectivity index is 1.99. The van der Waals surface area contributed by atoms with Crippen LogP contribution in [0.2, 0.25) is 0 Å². The van der Waals surface area contributed by atoms with Gasteiger partial charge in [-0.15, -0.1) is 11.6 Å². The zero-order valence-electron chi connectivity index (χ0n) is 10.3. The van der Waals surface area contributed by atoms with E-state index in [2.05, 4.69) is 9.64 Å². The first kappa shape index (κ1) is 13.3. The number of morpholine rings is 1. The molecule has 0 aliphatic carbocycles. The van der Waals surface area contributed by atoms with Crippen molar-refractivity contribution in [3.63, 3.8) is 0 Å². The Morgan fingerprint density at radius 1 is 1.50 bits per heavy atom. The van der Waals surface area contributed by atoms with Gasteiger partial charge >= 0.3 is 5.97 Å². The number of ether oxygens (including phenoxy) is 2. The van der Waals surface area contributed by atoms with E-state index < -0.39 is 0 Å². The Kier molecular flexibility index (Phi) is 4.58. The average molecular weight is 270 g/mol. The fraction of sp³-hybridized carbons (Fsp3) is 0.462. The molecular formula is C13H16ClNO3. The number of benzene rings is 1. The van der Waals surface area contributed by atoms with Gasteiger partial charge in [-0.2, -0.15) is 0 Å². The summed E-state index contributed by atoms with van der Waals surface area (Å²) >= 11 is 6.16. The molecule has 0 aromatic heterocycles. The molecule has 0 N–H and O–H groups in total. The summed E-state index contributed by atoms with van der Waals surface area (Å²) in [5, 5.41) is 0. The number of esters is 1. The predicted octanol–water partition coefficient (Wildman–Crippen LogP) is 1.87. The van der Waals surface area contributed by atoms with Gasteiger partial charge < -0.3 is 9.47 Å². The van der Waals surface area contributed by atoms with Gasteiger partial charge in [0.15, 0.2) is 0 Å². The number of carbonyl (C=O) groups is 1. The third kappa shape index (κ3) is 3.22. The maximum Gasteiger partial charge on any atom is 0.337 e. The van der Waals surface area contributed by atoms with Gasteiger partial charge in [0, 0.05) is 13.1 Å². The van der Waals surface area contributed by atoms with Crippen LogP contribution in [0.5, 0.6) is 0 Å². The molecule has 1 aliphatic heterocycles. The summed E-state index contributed by atoms with van der Waals surface area (Å²) in [6, 6.07) is 7.38. The van der Waals surface area contributed by atoms with Crippen molar-refractivity contribution >= 4 is 17.6 Å². The Morgan fingerprint density at radius 3 is 2.83 bits per heavy atom. The standard InChI is InChI=1S/C13H16ClNO3/c1-17-13(16)11-4-2-10(3-5-11)8-15-6-7-18-9-12(15)14/h2-5,12H,6-9H2,1H3. The van der Waals surface area contributed by atoms with Crippen LogP contribution in [-0.4, -0.2) is 43.2 Å². The van der Waals surface area contributed by atoms with E-state index in [0.717, 1.165) is 18.7 Å². The van der Waals surface area contributed by atoms with Crippen LogP contribution in [0.4, 0.5) is 0 Å². The maximum atomic E-state index is 11.3. The lowest BCUT2D eigenvalue weighted by atomic mass is 10.1. The number of hydrogen-bond acceptors (Lipinski definition) is 4. The monoisotopic (exact) mass is 269 g/mol. The Bertz CT molecular complexity index is 407. The van der Waals surface area contributed by atoms with Crippen LogP contribution in [0.25, 0.3) is 0 Å². The number of alkyl halides is 1. The van der Waals surface area contributed by atoms with Crippen LogP contribution in [0.1, 0.15) is 15.9 Å². The van der Waals surface area contributed by atoms with Crippen molar-refractivity contribution in [2.45, 2.75) is 12.0 Å². The minimum Gasteiger partial charge on any atom is -0.465 e. The molecule has 98 valence electrons. The van der Waals surface area contributed by atoms with E-state index in [1.54, 1.807) is 12.1 Å². The molecule has 5 heteroatoms. The van der Waals surface area contributed by atoms with Crippen LogP contribution in [-0.2, 0) is 16.0 Å². The first-order valence-corrected chi connectivity index (χ1v) is 6.27. The molecule has 1 aromatic rings. The SMILES string of the molecule is COC(=O)c1ccc(CN2CCOCC2Cl)cc1. The minimum atomic E-state index is -0.317. The van der Waals surface area contributed by atoms with Crippen LogP contribution in [0, 0.1) is 0 Å². The second-order valence-electron chi connectivity index (χ2n) is 4.17. The van der Waals surface area contributed by atoms with E-state index >= 15 is 0 Å². The van der Waals surface area contributed by atoms with Gasteiger partial charge in [0.25, 0.3) is 0 Å². The third-order valence-corrected chi connectivity index (χ3v) is 3.34. The molecule has 4 nitrogen and oxygen atoms in total. The molecular weight excluding hydrogens is 254 g/mol. The predicted molar refractivity (Wildman–Crippen MR) is 68.7 cm³/mol. The van der Waals surface area contributed by atoms with Gasteiger partial charge in [0.2, 0.25) is 0 Å². The highest BCUT2D eigenvalue weighted by molar-refractivity contribution is 6.20. The number of carbonyl (C=O) groups excluding carboxylic acids is 1. The maximum absolute atomic E-state index is 11.3. The largest absolute Gasteiger partial charge is 0.465 e. The topological polar surface area (TPSA) is 38.8 Å². The Labute approximate surface area is 111 Å².